The highest BCUT2D eigenvalue weighted by Gasteiger charge is 2.25. The Morgan fingerprint density at radius 2 is 2.25 bits per heavy atom. The Kier molecular flexibility index (Phi) is 3.32. The molecule has 2 heterocycles. The standard InChI is InChI=1S/C14H19N3O2S/c1-17-6-2-3-14(17)12-8-16-13-5-4-10(7-11(12)13)9-20(15,18)19/h4-5,7-8,14,16H,2-3,6,9H2,1H3,(H2,15,18,19)/t14-/m1/s1. The van der Waals surface area contributed by atoms with E-state index >= 15 is 0 Å². The van der Waals surface area contributed by atoms with Gasteiger partial charge in [0.15, 0.2) is 0 Å². The molecule has 0 bridgehead atoms. The van der Waals surface area contributed by atoms with Gasteiger partial charge in [-0.3, -0.25) is 4.90 Å². The highest BCUT2D eigenvalue weighted by molar-refractivity contribution is 7.88. The Bertz CT molecular complexity index is 736. The first-order valence-electron chi connectivity index (χ1n) is 6.75. The number of benzene rings is 1. The van der Waals surface area contributed by atoms with Crippen LogP contribution in [0.5, 0.6) is 0 Å². The van der Waals surface area contributed by atoms with Crippen LogP contribution in [0.4, 0.5) is 0 Å². The van der Waals surface area contributed by atoms with E-state index in [0.29, 0.717) is 6.04 Å². The third-order valence-electron chi connectivity index (χ3n) is 4.03. The predicted octanol–water partition coefficient (Wildman–Crippen LogP) is 1.72. The van der Waals surface area contributed by atoms with E-state index in [1.54, 1.807) is 0 Å². The van der Waals surface area contributed by atoms with Crippen LogP contribution < -0.4 is 5.14 Å². The lowest BCUT2D eigenvalue weighted by atomic mass is 10.0. The zero-order valence-corrected chi connectivity index (χ0v) is 12.3. The molecule has 2 aromatic rings. The van der Waals surface area contributed by atoms with Crippen molar-refractivity contribution in [1.82, 2.24) is 9.88 Å². The van der Waals surface area contributed by atoms with Gasteiger partial charge in [0, 0.05) is 23.1 Å². The van der Waals surface area contributed by atoms with Gasteiger partial charge in [0.2, 0.25) is 10.0 Å². The van der Waals surface area contributed by atoms with Crippen molar-refractivity contribution in [3.8, 4) is 0 Å². The Morgan fingerprint density at radius 1 is 1.45 bits per heavy atom. The topological polar surface area (TPSA) is 79.2 Å². The SMILES string of the molecule is CN1CCC[C@@H]1c1c[nH]c2ccc(CS(N)(=O)=O)cc12. The van der Waals surface area contributed by atoms with Gasteiger partial charge in [0.1, 0.15) is 0 Å². The van der Waals surface area contributed by atoms with Gasteiger partial charge in [0.25, 0.3) is 0 Å². The van der Waals surface area contributed by atoms with Crippen molar-refractivity contribution < 1.29 is 8.42 Å². The molecule has 0 radical (unpaired) electrons. The fraction of sp³-hybridized carbons (Fsp3) is 0.429. The van der Waals surface area contributed by atoms with Crippen LogP contribution in [-0.4, -0.2) is 31.9 Å². The zero-order valence-electron chi connectivity index (χ0n) is 11.5. The number of hydrogen-bond acceptors (Lipinski definition) is 3. The van der Waals surface area contributed by atoms with Crippen LogP contribution in [0.1, 0.15) is 30.0 Å². The minimum atomic E-state index is -3.49. The van der Waals surface area contributed by atoms with E-state index in [2.05, 4.69) is 16.9 Å². The van der Waals surface area contributed by atoms with Crippen molar-refractivity contribution in [2.75, 3.05) is 13.6 Å². The van der Waals surface area contributed by atoms with Crippen molar-refractivity contribution in [3.05, 3.63) is 35.5 Å². The number of nitrogens with two attached hydrogens (primary N) is 1. The molecule has 6 heteroatoms. The highest BCUT2D eigenvalue weighted by atomic mass is 32.2. The summed E-state index contributed by atoms with van der Waals surface area (Å²) in [6.45, 7) is 1.11. The Hall–Kier alpha value is -1.37. The maximum Gasteiger partial charge on any atom is 0.213 e. The van der Waals surface area contributed by atoms with Gasteiger partial charge in [-0.05, 0) is 49.7 Å². The second-order valence-electron chi connectivity index (χ2n) is 5.57. The number of rotatable bonds is 3. The number of sulfonamides is 1. The second kappa shape index (κ2) is 4.87. The first-order chi connectivity index (χ1) is 9.44. The summed E-state index contributed by atoms with van der Waals surface area (Å²) in [4.78, 5) is 5.61. The van der Waals surface area contributed by atoms with Crippen LogP contribution in [-0.2, 0) is 15.8 Å². The fourth-order valence-electron chi connectivity index (χ4n) is 3.09. The minimum absolute atomic E-state index is 0.117. The first-order valence-corrected chi connectivity index (χ1v) is 8.46. The summed E-state index contributed by atoms with van der Waals surface area (Å²) in [5.41, 5.74) is 3.02. The average molecular weight is 293 g/mol. The Labute approximate surface area is 118 Å². The van der Waals surface area contributed by atoms with E-state index < -0.39 is 10.0 Å². The van der Waals surface area contributed by atoms with Crippen LogP contribution in [0.2, 0.25) is 0 Å². The predicted molar refractivity (Wildman–Crippen MR) is 79.7 cm³/mol. The molecule has 1 fully saturated rings. The molecule has 108 valence electrons. The lowest BCUT2D eigenvalue weighted by molar-refractivity contribution is 0.319. The zero-order chi connectivity index (χ0) is 14.3. The molecule has 5 nitrogen and oxygen atoms in total. The molecule has 0 spiro atoms. The van der Waals surface area contributed by atoms with Crippen LogP contribution in [0, 0.1) is 0 Å². The number of H-pyrrole nitrogens is 1. The third kappa shape index (κ3) is 2.59. The minimum Gasteiger partial charge on any atom is -0.361 e. The Morgan fingerprint density at radius 3 is 2.90 bits per heavy atom. The van der Waals surface area contributed by atoms with Gasteiger partial charge >= 0.3 is 0 Å². The van der Waals surface area contributed by atoms with Crippen molar-refractivity contribution >= 4 is 20.9 Å². The van der Waals surface area contributed by atoms with E-state index in [0.717, 1.165) is 29.4 Å². The largest absolute Gasteiger partial charge is 0.361 e. The summed E-state index contributed by atoms with van der Waals surface area (Å²) in [7, 11) is -1.36. The van der Waals surface area contributed by atoms with Crippen molar-refractivity contribution in [2.45, 2.75) is 24.6 Å². The molecule has 3 rings (SSSR count). The van der Waals surface area contributed by atoms with E-state index in [4.69, 9.17) is 5.14 Å². The number of aromatic amines is 1. The van der Waals surface area contributed by atoms with Crippen LogP contribution >= 0.6 is 0 Å². The lowest BCUT2D eigenvalue weighted by Crippen LogP contribution is -2.17. The summed E-state index contributed by atoms with van der Waals surface area (Å²) < 4.78 is 22.5. The smallest absolute Gasteiger partial charge is 0.213 e. The molecular formula is C14H19N3O2S. The summed E-state index contributed by atoms with van der Waals surface area (Å²) in [6.07, 6.45) is 4.38. The number of aromatic nitrogens is 1. The third-order valence-corrected chi connectivity index (χ3v) is 4.76. The molecule has 1 saturated heterocycles. The molecule has 1 aromatic carbocycles. The molecule has 0 saturated carbocycles. The van der Waals surface area contributed by atoms with Gasteiger partial charge in [-0.1, -0.05) is 6.07 Å². The molecule has 1 aliphatic rings. The van der Waals surface area contributed by atoms with Crippen LogP contribution in [0.3, 0.4) is 0 Å². The summed E-state index contributed by atoms with van der Waals surface area (Å²) in [5, 5.41) is 6.23. The van der Waals surface area contributed by atoms with Gasteiger partial charge in [0.05, 0.1) is 5.75 Å². The van der Waals surface area contributed by atoms with E-state index in [-0.39, 0.29) is 5.75 Å². The van der Waals surface area contributed by atoms with Crippen molar-refractivity contribution in [2.24, 2.45) is 5.14 Å². The quantitative estimate of drug-likeness (QED) is 0.904. The molecule has 20 heavy (non-hydrogen) atoms. The molecule has 0 unspecified atom stereocenters. The number of primary sulfonamides is 1. The van der Waals surface area contributed by atoms with Crippen LogP contribution in [0.25, 0.3) is 10.9 Å². The molecule has 0 amide bonds. The maximum atomic E-state index is 11.2. The molecular weight excluding hydrogens is 274 g/mol. The monoisotopic (exact) mass is 293 g/mol. The maximum absolute atomic E-state index is 11.2. The number of nitrogens with one attached hydrogen (secondary N) is 1. The molecule has 1 aromatic heterocycles. The number of fused-ring (bicyclic) bond motifs is 1. The number of hydrogen-bond donors (Lipinski definition) is 2. The van der Waals surface area contributed by atoms with E-state index in [9.17, 15) is 8.42 Å². The fourth-order valence-corrected chi connectivity index (χ4v) is 3.73. The van der Waals surface area contributed by atoms with E-state index in [1.165, 1.54) is 12.0 Å². The van der Waals surface area contributed by atoms with Gasteiger partial charge in [-0.2, -0.15) is 0 Å². The van der Waals surface area contributed by atoms with E-state index in [1.807, 2.05) is 24.4 Å². The van der Waals surface area contributed by atoms with Gasteiger partial charge in [-0.15, -0.1) is 0 Å². The number of likely N-dealkylation sites (tertiary alicyclic amines) is 1. The Balaban J connectivity index is 2.03. The molecule has 0 aliphatic carbocycles. The van der Waals surface area contributed by atoms with Crippen LogP contribution in [0.15, 0.2) is 24.4 Å². The normalized spacial score (nSPS) is 20.8. The average Bonchev–Trinajstić information content (AvgIpc) is 2.92. The van der Waals surface area contributed by atoms with Gasteiger partial charge in [-0.25, -0.2) is 13.6 Å². The molecule has 1 aliphatic heterocycles. The van der Waals surface area contributed by atoms with Crippen molar-refractivity contribution in [3.63, 3.8) is 0 Å². The number of nitrogens with zero attached hydrogens (tertiary/aromatic N) is 1. The lowest BCUT2D eigenvalue weighted by Gasteiger charge is -2.18. The van der Waals surface area contributed by atoms with Crippen molar-refractivity contribution in [1.29, 1.82) is 0 Å². The summed E-state index contributed by atoms with van der Waals surface area (Å²) in [6, 6.07) is 6.09. The second-order valence-corrected chi connectivity index (χ2v) is 7.18. The summed E-state index contributed by atoms with van der Waals surface area (Å²) in [5.74, 6) is -0.117. The summed E-state index contributed by atoms with van der Waals surface area (Å²) >= 11 is 0. The van der Waals surface area contributed by atoms with Gasteiger partial charge < -0.3 is 4.98 Å². The first kappa shape index (κ1) is 13.6. The molecule has 1 atom stereocenters. The highest BCUT2D eigenvalue weighted by Crippen LogP contribution is 2.35. The molecule has 3 N–H and O–H groups in total.